The SMILES string of the molecule is c1ccc2c(c1)c1ccccc1n2-c1ccc(-c2ccnc(-c3cc(-n4c5ccccc5c5ccccc54)cc(-n4c5ccccc5c5ccccc54)c3)n2)cc1. The van der Waals surface area contributed by atoms with E-state index in [4.69, 9.17) is 9.97 Å². The molecule has 0 unspecified atom stereocenters. The smallest absolute Gasteiger partial charge is 0.159 e. The molecule has 266 valence electrons. The van der Waals surface area contributed by atoms with Crippen molar-refractivity contribution in [2.24, 2.45) is 0 Å². The summed E-state index contributed by atoms with van der Waals surface area (Å²) in [6, 6.07) is 69.4. The van der Waals surface area contributed by atoms with Crippen molar-refractivity contribution in [1.82, 2.24) is 23.7 Å². The number of para-hydroxylation sites is 6. The Labute approximate surface area is 328 Å². The average molecular weight is 728 g/mol. The van der Waals surface area contributed by atoms with E-state index >= 15 is 0 Å². The van der Waals surface area contributed by atoms with Gasteiger partial charge in [0.2, 0.25) is 0 Å². The van der Waals surface area contributed by atoms with Crippen molar-refractivity contribution in [2.45, 2.75) is 0 Å². The fourth-order valence-electron chi connectivity index (χ4n) is 9.02. The van der Waals surface area contributed by atoms with Crippen LogP contribution < -0.4 is 0 Å². The first-order chi connectivity index (χ1) is 28.3. The van der Waals surface area contributed by atoms with Crippen LogP contribution >= 0.6 is 0 Å². The van der Waals surface area contributed by atoms with Gasteiger partial charge in [-0.1, -0.05) is 121 Å². The molecule has 57 heavy (non-hydrogen) atoms. The molecule has 0 amide bonds. The zero-order chi connectivity index (χ0) is 37.5. The third-order valence-electron chi connectivity index (χ3n) is 11.5. The van der Waals surface area contributed by atoms with Gasteiger partial charge in [0.1, 0.15) is 0 Å². The third kappa shape index (κ3) is 4.82. The Morgan fingerprint density at radius 1 is 0.298 bits per heavy atom. The molecule has 5 heteroatoms. The van der Waals surface area contributed by atoms with E-state index in [9.17, 15) is 0 Å². The molecule has 0 saturated carbocycles. The minimum Gasteiger partial charge on any atom is -0.309 e. The van der Waals surface area contributed by atoms with Crippen LogP contribution in [-0.2, 0) is 0 Å². The first-order valence-electron chi connectivity index (χ1n) is 19.3. The maximum Gasteiger partial charge on any atom is 0.159 e. The second-order valence-electron chi connectivity index (χ2n) is 14.7. The summed E-state index contributed by atoms with van der Waals surface area (Å²) in [5.74, 6) is 0.670. The Morgan fingerprint density at radius 2 is 0.649 bits per heavy atom. The Bertz CT molecular complexity index is 3240. The number of nitrogens with zero attached hydrogens (tertiary/aromatic N) is 5. The Balaban J connectivity index is 1.04. The highest BCUT2D eigenvalue weighted by atomic mass is 15.0. The summed E-state index contributed by atoms with van der Waals surface area (Å²) >= 11 is 0. The Kier molecular flexibility index (Phi) is 6.86. The Morgan fingerprint density at radius 3 is 1.04 bits per heavy atom. The second kappa shape index (κ2) is 12.4. The quantitative estimate of drug-likeness (QED) is 0.177. The number of rotatable bonds is 5. The van der Waals surface area contributed by atoms with Gasteiger partial charge >= 0.3 is 0 Å². The monoisotopic (exact) mass is 727 g/mol. The highest BCUT2D eigenvalue weighted by molar-refractivity contribution is 6.11. The Hall–Kier alpha value is -7.76. The van der Waals surface area contributed by atoms with Gasteiger partial charge in [-0.3, -0.25) is 0 Å². The fourth-order valence-corrected chi connectivity index (χ4v) is 9.02. The lowest BCUT2D eigenvalue weighted by molar-refractivity contribution is 1.12. The van der Waals surface area contributed by atoms with Crippen LogP contribution in [0.1, 0.15) is 0 Å². The molecule has 5 nitrogen and oxygen atoms in total. The van der Waals surface area contributed by atoms with Gasteiger partial charge in [-0.2, -0.15) is 0 Å². The normalized spacial score (nSPS) is 11.9. The molecular formula is C52H33N5. The summed E-state index contributed by atoms with van der Waals surface area (Å²) in [5, 5.41) is 7.39. The van der Waals surface area contributed by atoms with E-state index in [1.807, 2.05) is 12.3 Å². The summed E-state index contributed by atoms with van der Waals surface area (Å²) in [6.45, 7) is 0. The highest BCUT2D eigenvalue weighted by Gasteiger charge is 2.18. The molecule has 0 saturated heterocycles. The number of hydrogen-bond donors (Lipinski definition) is 0. The minimum atomic E-state index is 0.670. The van der Waals surface area contributed by atoms with E-state index < -0.39 is 0 Å². The maximum atomic E-state index is 5.26. The molecule has 4 heterocycles. The van der Waals surface area contributed by atoms with Gasteiger partial charge in [-0.15, -0.1) is 0 Å². The molecule has 8 aromatic carbocycles. The second-order valence-corrected chi connectivity index (χ2v) is 14.7. The van der Waals surface area contributed by atoms with Gasteiger partial charge < -0.3 is 13.7 Å². The molecule has 0 fully saturated rings. The molecule has 0 aliphatic carbocycles. The van der Waals surface area contributed by atoms with Crippen molar-refractivity contribution >= 4 is 65.4 Å². The van der Waals surface area contributed by atoms with Crippen LogP contribution in [0.2, 0.25) is 0 Å². The highest BCUT2D eigenvalue weighted by Crippen LogP contribution is 2.38. The van der Waals surface area contributed by atoms with Crippen LogP contribution in [0.3, 0.4) is 0 Å². The summed E-state index contributed by atoms with van der Waals surface area (Å²) in [5.41, 5.74) is 13.1. The van der Waals surface area contributed by atoms with Crippen molar-refractivity contribution < 1.29 is 0 Å². The van der Waals surface area contributed by atoms with Crippen LogP contribution in [0.15, 0.2) is 200 Å². The van der Waals surface area contributed by atoms with Crippen LogP contribution in [-0.4, -0.2) is 23.7 Å². The largest absolute Gasteiger partial charge is 0.309 e. The molecule has 0 N–H and O–H groups in total. The van der Waals surface area contributed by atoms with E-state index in [2.05, 4.69) is 202 Å². The molecule has 0 radical (unpaired) electrons. The van der Waals surface area contributed by atoms with E-state index in [0.717, 1.165) is 55.9 Å². The number of benzene rings is 8. The van der Waals surface area contributed by atoms with Crippen LogP contribution in [0.25, 0.3) is 105 Å². The van der Waals surface area contributed by atoms with Gasteiger partial charge in [-0.05, 0) is 72.8 Å². The lowest BCUT2D eigenvalue weighted by Crippen LogP contribution is -2.01. The van der Waals surface area contributed by atoms with Crippen molar-refractivity contribution in [3.8, 4) is 39.7 Å². The third-order valence-corrected chi connectivity index (χ3v) is 11.5. The first kappa shape index (κ1) is 31.6. The molecule has 0 aliphatic heterocycles. The molecule has 4 aromatic heterocycles. The molecule has 0 aliphatic rings. The van der Waals surface area contributed by atoms with E-state index in [1.165, 1.54) is 43.4 Å². The standard InChI is InChI=1S/C52H33N5/c1-7-19-46-39(13-1)40-14-2-8-20-47(40)55(46)36-27-25-34(26-28-36)45-29-30-53-52(54-45)35-31-37(56-48-21-9-3-15-41(48)42-16-4-10-22-49(42)56)33-38(32-35)57-50-23-11-5-17-43(50)44-18-6-12-24-51(44)57/h1-33H. The molecule has 0 atom stereocenters. The molecule has 0 spiro atoms. The van der Waals surface area contributed by atoms with Crippen LogP contribution in [0.5, 0.6) is 0 Å². The zero-order valence-corrected chi connectivity index (χ0v) is 30.8. The zero-order valence-electron chi connectivity index (χ0n) is 30.8. The van der Waals surface area contributed by atoms with Crippen molar-refractivity contribution in [1.29, 1.82) is 0 Å². The predicted molar refractivity (Wildman–Crippen MR) is 236 cm³/mol. The van der Waals surface area contributed by atoms with Crippen LogP contribution in [0.4, 0.5) is 0 Å². The maximum absolute atomic E-state index is 5.26. The van der Waals surface area contributed by atoms with Gasteiger partial charge in [-0.25, -0.2) is 9.97 Å². The molecule has 12 rings (SSSR count). The summed E-state index contributed by atoms with van der Waals surface area (Å²) in [7, 11) is 0. The lowest BCUT2D eigenvalue weighted by atomic mass is 10.1. The van der Waals surface area contributed by atoms with Gasteiger partial charge in [0, 0.05) is 66.7 Å². The summed E-state index contributed by atoms with van der Waals surface area (Å²) in [4.78, 5) is 10.2. The van der Waals surface area contributed by atoms with E-state index in [-0.39, 0.29) is 0 Å². The van der Waals surface area contributed by atoms with Crippen LogP contribution in [0, 0.1) is 0 Å². The van der Waals surface area contributed by atoms with Gasteiger partial charge in [0.05, 0.1) is 38.8 Å². The van der Waals surface area contributed by atoms with Crippen molar-refractivity contribution in [2.75, 3.05) is 0 Å². The predicted octanol–water partition coefficient (Wildman–Crippen LogP) is 13.1. The van der Waals surface area contributed by atoms with Crippen molar-refractivity contribution in [3.63, 3.8) is 0 Å². The lowest BCUT2D eigenvalue weighted by Gasteiger charge is -2.15. The van der Waals surface area contributed by atoms with E-state index in [0.29, 0.717) is 5.82 Å². The fraction of sp³-hybridized carbons (Fsp3) is 0. The van der Waals surface area contributed by atoms with E-state index in [1.54, 1.807) is 0 Å². The average Bonchev–Trinajstić information content (AvgIpc) is 3.92. The van der Waals surface area contributed by atoms with Crippen molar-refractivity contribution in [3.05, 3.63) is 200 Å². The molecule has 12 aromatic rings. The minimum absolute atomic E-state index is 0.670. The molecular weight excluding hydrogens is 695 g/mol. The summed E-state index contributed by atoms with van der Waals surface area (Å²) in [6.07, 6.45) is 1.88. The first-order valence-corrected chi connectivity index (χ1v) is 19.3. The van der Waals surface area contributed by atoms with Gasteiger partial charge in [0.15, 0.2) is 5.82 Å². The summed E-state index contributed by atoms with van der Waals surface area (Å²) < 4.78 is 7.10. The van der Waals surface area contributed by atoms with Gasteiger partial charge in [0.25, 0.3) is 0 Å². The number of hydrogen-bond acceptors (Lipinski definition) is 2. The molecule has 0 bridgehead atoms. The topological polar surface area (TPSA) is 40.6 Å². The number of aromatic nitrogens is 5. The number of fused-ring (bicyclic) bond motifs is 9.